The van der Waals surface area contributed by atoms with Crippen LogP contribution in [0.4, 0.5) is 34.1 Å². The highest BCUT2D eigenvalue weighted by Gasteiger charge is 2.43. The van der Waals surface area contributed by atoms with Gasteiger partial charge in [0.1, 0.15) is 0 Å². The standard InChI is InChI=1S/C44H33BN2/c1-30-16-22-36(23-17-30)46-40-26-18-31(2)28-38(40)45-39-29-35(33-12-7-4-8-13-33)21-27-41(39)47(43-15-9-14-42(46)44(43)45)37-24-19-34(20-25-37)32-10-5-3-6-11-32/h3-29H,1-2H3/i9D. The molecule has 0 saturated carbocycles. The molecule has 0 fully saturated rings. The summed E-state index contributed by atoms with van der Waals surface area (Å²) in [5, 5.41) is 0. The Morgan fingerprint density at radius 2 is 0.894 bits per heavy atom. The van der Waals surface area contributed by atoms with Gasteiger partial charge < -0.3 is 9.80 Å². The normalized spacial score (nSPS) is 13.1. The fourth-order valence-electron chi connectivity index (χ4n) is 7.48. The molecule has 0 amide bonds. The Labute approximate surface area is 278 Å². The molecule has 0 spiro atoms. The summed E-state index contributed by atoms with van der Waals surface area (Å²) in [6.45, 7) is 4.32. The number of nitrogens with zero attached hydrogens (tertiary/aromatic N) is 2. The molecule has 222 valence electrons. The third kappa shape index (κ3) is 4.50. The Balaban J connectivity index is 1.33. The lowest BCUT2D eigenvalue weighted by atomic mass is 9.33. The molecule has 2 nitrogen and oxygen atoms in total. The van der Waals surface area contributed by atoms with E-state index in [1.165, 1.54) is 49.8 Å². The van der Waals surface area contributed by atoms with Gasteiger partial charge in [-0.05, 0) is 101 Å². The third-order valence-corrected chi connectivity index (χ3v) is 9.71. The van der Waals surface area contributed by atoms with Crippen molar-refractivity contribution in [2.45, 2.75) is 13.8 Å². The highest BCUT2D eigenvalue weighted by molar-refractivity contribution is 7.00. The van der Waals surface area contributed by atoms with Crippen molar-refractivity contribution < 1.29 is 1.37 Å². The lowest BCUT2D eigenvalue weighted by molar-refractivity contribution is 1.25. The van der Waals surface area contributed by atoms with Crippen molar-refractivity contribution in [2.24, 2.45) is 0 Å². The summed E-state index contributed by atoms with van der Waals surface area (Å²) in [6, 6.07) is 57.2. The second kappa shape index (κ2) is 10.9. The molecule has 2 aliphatic rings. The van der Waals surface area contributed by atoms with E-state index < -0.39 is 0 Å². The first kappa shape index (κ1) is 26.4. The Hall–Kier alpha value is -5.80. The molecule has 7 aromatic carbocycles. The van der Waals surface area contributed by atoms with Crippen molar-refractivity contribution >= 4 is 57.2 Å². The van der Waals surface area contributed by atoms with Crippen molar-refractivity contribution in [3.8, 4) is 22.3 Å². The number of hydrogen-bond donors (Lipinski definition) is 0. The smallest absolute Gasteiger partial charge is 0.252 e. The maximum Gasteiger partial charge on any atom is 0.252 e. The van der Waals surface area contributed by atoms with Gasteiger partial charge in [0, 0.05) is 34.1 Å². The number of anilines is 6. The predicted octanol–water partition coefficient (Wildman–Crippen LogP) is 9.72. The molecule has 0 unspecified atom stereocenters. The summed E-state index contributed by atoms with van der Waals surface area (Å²) in [5.41, 5.74) is 17.6. The molecular weight excluding hydrogens is 567 g/mol. The molecule has 7 aromatic rings. The molecule has 0 aliphatic carbocycles. The van der Waals surface area contributed by atoms with Crippen molar-refractivity contribution in [1.82, 2.24) is 0 Å². The largest absolute Gasteiger partial charge is 0.311 e. The number of benzene rings is 7. The van der Waals surface area contributed by atoms with E-state index in [2.05, 4.69) is 181 Å². The minimum absolute atomic E-state index is 0.00528. The van der Waals surface area contributed by atoms with Gasteiger partial charge in [-0.3, -0.25) is 0 Å². The Kier molecular flexibility index (Phi) is 6.14. The van der Waals surface area contributed by atoms with Crippen LogP contribution in [0.15, 0.2) is 164 Å². The van der Waals surface area contributed by atoms with Crippen LogP contribution in [-0.4, -0.2) is 6.71 Å². The van der Waals surface area contributed by atoms with Crippen LogP contribution in [0, 0.1) is 13.8 Å². The van der Waals surface area contributed by atoms with Crippen LogP contribution in [0.1, 0.15) is 12.5 Å². The van der Waals surface area contributed by atoms with E-state index >= 15 is 0 Å². The van der Waals surface area contributed by atoms with Gasteiger partial charge in [0.25, 0.3) is 6.71 Å². The predicted molar refractivity (Wildman–Crippen MR) is 201 cm³/mol. The zero-order valence-corrected chi connectivity index (χ0v) is 26.5. The van der Waals surface area contributed by atoms with Gasteiger partial charge in [0.05, 0.1) is 1.37 Å². The Morgan fingerprint density at radius 1 is 0.426 bits per heavy atom. The van der Waals surface area contributed by atoms with E-state index in [4.69, 9.17) is 1.37 Å². The molecular formula is C44H33BN2. The highest BCUT2D eigenvalue weighted by Crippen LogP contribution is 2.44. The molecule has 47 heavy (non-hydrogen) atoms. The van der Waals surface area contributed by atoms with E-state index in [1.807, 2.05) is 0 Å². The van der Waals surface area contributed by atoms with E-state index in [-0.39, 0.29) is 6.71 Å². The van der Waals surface area contributed by atoms with Crippen LogP contribution in [0.25, 0.3) is 22.3 Å². The molecule has 3 heteroatoms. The fraction of sp³-hybridized carbons (Fsp3) is 0.0455. The van der Waals surface area contributed by atoms with Crippen LogP contribution < -0.4 is 26.2 Å². The number of rotatable bonds is 4. The minimum atomic E-state index is 0.00528. The van der Waals surface area contributed by atoms with Gasteiger partial charge in [-0.25, -0.2) is 0 Å². The summed E-state index contributed by atoms with van der Waals surface area (Å²) in [6.07, 6.45) is 0. The SMILES string of the molecule is [2H]c1cc2c3c(c1)N(c1ccc(-c4ccccc4)cc1)c1ccc(-c4ccccc4)cc1B3c1cc(C)ccc1N2c1ccc(C)cc1. The van der Waals surface area contributed by atoms with Gasteiger partial charge in [-0.15, -0.1) is 0 Å². The summed E-state index contributed by atoms with van der Waals surface area (Å²) in [4.78, 5) is 4.74. The molecule has 0 atom stereocenters. The summed E-state index contributed by atoms with van der Waals surface area (Å²) in [5.74, 6) is 0. The molecule has 2 heterocycles. The van der Waals surface area contributed by atoms with E-state index in [0.717, 1.165) is 34.1 Å². The van der Waals surface area contributed by atoms with E-state index in [9.17, 15) is 0 Å². The molecule has 2 aliphatic heterocycles. The van der Waals surface area contributed by atoms with Crippen molar-refractivity contribution in [2.75, 3.05) is 9.80 Å². The molecule has 0 N–H and O–H groups in total. The average Bonchev–Trinajstić information content (AvgIpc) is 3.12. The van der Waals surface area contributed by atoms with Gasteiger partial charge in [-0.1, -0.05) is 126 Å². The van der Waals surface area contributed by atoms with Crippen molar-refractivity contribution in [3.63, 3.8) is 0 Å². The first-order valence-corrected chi connectivity index (χ1v) is 16.3. The van der Waals surface area contributed by atoms with Crippen LogP contribution in [0.3, 0.4) is 0 Å². The minimum Gasteiger partial charge on any atom is -0.311 e. The van der Waals surface area contributed by atoms with E-state index in [0.29, 0.717) is 6.04 Å². The van der Waals surface area contributed by atoms with Crippen molar-refractivity contribution in [1.29, 1.82) is 0 Å². The Morgan fingerprint density at radius 3 is 1.51 bits per heavy atom. The van der Waals surface area contributed by atoms with Gasteiger partial charge in [-0.2, -0.15) is 0 Å². The van der Waals surface area contributed by atoms with Gasteiger partial charge >= 0.3 is 0 Å². The van der Waals surface area contributed by atoms with Crippen LogP contribution in [-0.2, 0) is 0 Å². The quantitative estimate of drug-likeness (QED) is 0.185. The maximum atomic E-state index is 9.15. The number of hydrogen-bond acceptors (Lipinski definition) is 2. The molecule has 0 saturated heterocycles. The zero-order chi connectivity index (χ0) is 32.4. The topological polar surface area (TPSA) is 6.48 Å². The van der Waals surface area contributed by atoms with Gasteiger partial charge in [0.2, 0.25) is 0 Å². The van der Waals surface area contributed by atoms with Crippen LogP contribution >= 0.6 is 0 Å². The second-order valence-corrected chi connectivity index (χ2v) is 12.7. The molecule has 0 bridgehead atoms. The monoisotopic (exact) mass is 601 g/mol. The van der Waals surface area contributed by atoms with Crippen LogP contribution in [0.2, 0.25) is 0 Å². The third-order valence-electron chi connectivity index (χ3n) is 9.71. The highest BCUT2D eigenvalue weighted by atomic mass is 15.2. The number of aryl methyl sites for hydroxylation is 2. The maximum absolute atomic E-state index is 9.15. The summed E-state index contributed by atoms with van der Waals surface area (Å²) < 4.78 is 9.15. The first-order valence-electron chi connectivity index (χ1n) is 16.8. The van der Waals surface area contributed by atoms with E-state index in [1.54, 1.807) is 0 Å². The number of fused-ring (bicyclic) bond motifs is 4. The Bertz CT molecular complexity index is 2320. The second-order valence-electron chi connectivity index (χ2n) is 12.7. The van der Waals surface area contributed by atoms with Gasteiger partial charge in [0.15, 0.2) is 0 Å². The molecule has 0 aromatic heterocycles. The molecule has 0 radical (unpaired) electrons. The zero-order valence-electron chi connectivity index (χ0n) is 27.5. The average molecular weight is 602 g/mol. The molecule has 9 rings (SSSR count). The fourth-order valence-corrected chi connectivity index (χ4v) is 7.48. The summed E-state index contributed by atoms with van der Waals surface area (Å²) >= 11 is 0. The lowest BCUT2D eigenvalue weighted by Crippen LogP contribution is -2.61. The van der Waals surface area contributed by atoms with Crippen molar-refractivity contribution in [3.05, 3.63) is 175 Å². The first-order chi connectivity index (χ1) is 23.5. The summed E-state index contributed by atoms with van der Waals surface area (Å²) in [7, 11) is 0. The lowest BCUT2D eigenvalue weighted by Gasteiger charge is -2.44. The van der Waals surface area contributed by atoms with Crippen LogP contribution in [0.5, 0.6) is 0 Å².